The molecule has 0 aliphatic rings. The minimum atomic E-state index is -1.35. The number of carbonyl (C=O) groups is 3. The highest BCUT2D eigenvalue weighted by Crippen LogP contribution is 2.43. The van der Waals surface area contributed by atoms with Crippen LogP contribution in [0.2, 0.25) is 0 Å². The van der Waals surface area contributed by atoms with Crippen LogP contribution in [0.15, 0.2) is 170 Å². The zero-order chi connectivity index (χ0) is 46.0. The smallest absolute Gasteiger partial charge is 0.408 e. The van der Waals surface area contributed by atoms with Crippen LogP contribution in [0.1, 0.15) is 75.8 Å². The first-order chi connectivity index (χ1) is 31.3. The molecule has 0 saturated carbocycles. The number of aryl methyl sites for hydroxylation is 1. The summed E-state index contributed by atoms with van der Waals surface area (Å²) in [5.74, 6) is -0.115. The van der Waals surface area contributed by atoms with Crippen molar-refractivity contribution in [2.24, 2.45) is 0 Å². The Bertz CT molecular complexity index is 2570. The molecule has 0 radical (unpaired) electrons. The molecule has 332 valence electrons. The average Bonchev–Trinajstić information content (AvgIpc) is 3.80. The summed E-state index contributed by atoms with van der Waals surface area (Å²) in [4.78, 5) is 42.6. The maximum atomic E-state index is 14.4. The molecule has 2 N–H and O–H groups in total. The van der Waals surface area contributed by atoms with E-state index in [0.29, 0.717) is 31.8 Å². The van der Waals surface area contributed by atoms with Crippen LogP contribution in [-0.4, -0.2) is 66.7 Å². The molecule has 1 aromatic heterocycles. The zero-order valence-electron chi connectivity index (χ0n) is 37.9. The van der Waals surface area contributed by atoms with E-state index in [0.717, 1.165) is 44.5 Å². The highest BCUT2D eigenvalue weighted by Gasteiger charge is 2.42. The van der Waals surface area contributed by atoms with Crippen LogP contribution >= 0.6 is 0 Å². The molecule has 65 heavy (non-hydrogen) atoms. The van der Waals surface area contributed by atoms with Crippen molar-refractivity contribution >= 4 is 17.9 Å². The summed E-state index contributed by atoms with van der Waals surface area (Å²) in [6.45, 7) is 11.1. The van der Waals surface area contributed by atoms with Crippen molar-refractivity contribution in [1.29, 1.82) is 0 Å². The topological polar surface area (TPSA) is 131 Å². The maximum Gasteiger partial charge on any atom is 0.408 e. The molecule has 0 fully saturated rings. The van der Waals surface area contributed by atoms with Gasteiger partial charge in [0.1, 0.15) is 22.7 Å². The van der Waals surface area contributed by atoms with E-state index in [2.05, 4.69) is 70.4 Å². The standard InChI is InChI=1S/C54H57N7O4/c1-7-60(49(62)47(37-34-39-22-12-8-13-23-39)55-50(63)53(5,6)56-51(64)65-52(2,3)4)38-40-32-35-41(36-33-40)45-30-20-21-31-46(45)48-57-58-59-61(48)54(42-24-14-9-15-25-42,43-26-16-10-17-27-43)44-28-18-11-19-29-44/h8-33,35-36,47H,7,34,37-38H2,1-6H3,(H,55,63)(H,56,64)/t47-/m1/s1. The van der Waals surface area contributed by atoms with E-state index in [1.165, 1.54) is 0 Å². The number of likely N-dealkylation sites (N-methyl/N-ethyl adjacent to an activating group) is 1. The van der Waals surface area contributed by atoms with Gasteiger partial charge in [-0.15, -0.1) is 5.10 Å². The van der Waals surface area contributed by atoms with Crippen LogP contribution in [0.5, 0.6) is 0 Å². The largest absolute Gasteiger partial charge is 0.444 e. The fraction of sp³-hybridized carbons (Fsp3) is 0.259. The number of tetrazole rings is 1. The SMILES string of the molecule is CCN(Cc1ccc(-c2ccccc2-c2nnnn2C(c2ccccc2)(c2ccccc2)c2ccccc2)cc1)C(=O)[C@@H](CCc1ccccc1)NC(=O)C(C)(C)NC(=O)OC(C)(C)C. The number of amides is 3. The molecule has 0 saturated heterocycles. The first-order valence-corrected chi connectivity index (χ1v) is 22.1. The molecule has 0 spiro atoms. The van der Waals surface area contributed by atoms with E-state index in [9.17, 15) is 14.4 Å². The predicted octanol–water partition coefficient (Wildman–Crippen LogP) is 9.62. The van der Waals surface area contributed by atoms with Crippen LogP contribution < -0.4 is 10.6 Å². The number of hydrogen-bond donors (Lipinski definition) is 2. The van der Waals surface area contributed by atoms with Gasteiger partial charge in [0.15, 0.2) is 5.82 Å². The second kappa shape index (κ2) is 20.0. The normalized spacial score (nSPS) is 12.2. The molecule has 7 aromatic rings. The predicted molar refractivity (Wildman–Crippen MR) is 255 cm³/mol. The monoisotopic (exact) mass is 867 g/mol. The highest BCUT2D eigenvalue weighted by molar-refractivity contribution is 5.93. The molecule has 11 heteroatoms. The Morgan fingerprint density at radius 3 is 1.68 bits per heavy atom. The van der Waals surface area contributed by atoms with Gasteiger partial charge in [-0.2, -0.15) is 0 Å². The Morgan fingerprint density at radius 2 is 1.15 bits per heavy atom. The first kappa shape index (κ1) is 45.6. The Morgan fingerprint density at radius 1 is 0.646 bits per heavy atom. The second-order valence-electron chi connectivity index (χ2n) is 17.6. The molecule has 0 aliphatic carbocycles. The van der Waals surface area contributed by atoms with Crippen molar-refractivity contribution in [3.8, 4) is 22.5 Å². The highest BCUT2D eigenvalue weighted by atomic mass is 16.6. The lowest BCUT2D eigenvalue weighted by atomic mass is 9.77. The summed E-state index contributed by atoms with van der Waals surface area (Å²) in [5, 5.41) is 19.5. The fourth-order valence-corrected chi connectivity index (χ4v) is 8.16. The molecule has 6 aromatic carbocycles. The number of rotatable bonds is 16. The second-order valence-corrected chi connectivity index (χ2v) is 17.6. The molecule has 1 atom stereocenters. The number of benzene rings is 6. The van der Waals surface area contributed by atoms with Gasteiger partial charge in [0.2, 0.25) is 11.8 Å². The number of carbonyl (C=O) groups excluding carboxylic acids is 3. The minimum Gasteiger partial charge on any atom is -0.444 e. The summed E-state index contributed by atoms with van der Waals surface area (Å²) < 4.78 is 7.36. The van der Waals surface area contributed by atoms with Crippen LogP contribution in [0.4, 0.5) is 4.79 Å². The van der Waals surface area contributed by atoms with Gasteiger partial charge in [0.25, 0.3) is 0 Å². The van der Waals surface area contributed by atoms with Gasteiger partial charge in [-0.05, 0) is 104 Å². The van der Waals surface area contributed by atoms with Gasteiger partial charge in [-0.25, -0.2) is 9.48 Å². The van der Waals surface area contributed by atoms with Crippen LogP contribution in [0.25, 0.3) is 22.5 Å². The lowest BCUT2D eigenvalue weighted by molar-refractivity contribution is -0.138. The Kier molecular flexibility index (Phi) is 14.0. The van der Waals surface area contributed by atoms with Crippen LogP contribution in [0, 0.1) is 0 Å². The maximum absolute atomic E-state index is 14.4. The van der Waals surface area contributed by atoms with Crippen molar-refractivity contribution in [2.45, 2.75) is 83.6 Å². The van der Waals surface area contributed by atoms with Crippen LogP contribution in [-0.2, 0) is 32.8 Å². The van der Waals surface area contributed by atoms with E-state index < -0.39 is 34.7 Å². The zero-order valence-corrected chi connectivity index (χ0v) is 37.9. The quantitative estimate of drug-likeness (QED) is 0.0926. The number of alkyl carbamates (subject to hydrolysis) is 1. The van der Waals surface area contributed by atoms with Gasteiger partial charge < -0.3 is 20.3 Å². The molecule has 0 aliphatic heterocycles. The molecule has 0 bridgehead atoms. The van der Waals surface area contributed by atoms with Gasteiger partial charge in [-0.3, -0.25) is 9.59 Å². The number of hydrogen-bond acceptors (Lipinski definition) is 7. The molecule has 0 unspecified atom stereocenters. The lowest BCUT2D eigenvalue weighted by Crippen LogP contribution is -2.59. The van der Waals surface area contributed by atoms with Crippen molar-refractivity contribution < 1.29 is 19.1 Å². The molecule has 7 rings (SSSR count). The lowest BCUT2D eigenvalue weighted by Gasteiger charge is -2.36. The van der Waals surface area contributed by atoms with Crippen molar-refractivity contribution in [1.82, 2.24) is 35.7 Å². The van der Waals surface area contributed by atoms with E-state index in [1.807, 2.05) is 127 Å². The Hall–Kier alpha value is -7.40. The van der Waals surface area contributed by atoms with E-state index in [4.69, 9.17) is 15.0 Å². The molecular formula is C54H57N7O4. The fourth-order valence-electron chi connectivity index (χ4n) is 8.16. The van der Waals surface area contributed by atoms with Gasteiger partial charge in [-0.1, -0.05) is 170 Å². The third-order valence-electron chi connectivity index (χ3n) is 11.4. The summed E-state index contributed by atoms with van der Waals surface area (Å²) in [6, 6.07) is 56.2. The van der Waals surface area contributed by atoms with Gasteiger partial charge in [0, 0.05) is 18.7 Å². The number of nitrogens with zero attached hydrogens (tertiary/aromatic N) is 5. The number of nitrogens with one attached hydrogen (secondary N) is 2. The molecule has 11 nitrogen and oxygen atoms in total. The van der Waals surface area contributed by atoms with E-state index in [1.54, 1.807) is 39.5 Å². The van der Waals surface area contributed by atoms with Gasteiger partial charge in [0.05, 0.1) is 0 Å². The van der Waals surface area contributed by atoms with Crippen molar-refractivity contribution in [3.63, 3.8) is 0 Å². The third-order valence-corrected chi connectivity index (χ3v) is 11.4. The third kappa shape index (κ3) is 10.5. The number of ether oxygens (including phenoxy) is 1. The van der Waals surface area contributed by atoms with Gasteiger partial charge >= 0.3 is 6.09 Å². The molecule has 1 heterocycles. The Balaban J connectivity index is 1.17. The number of aromatic nitrogens is 4. The van der Waals surface area contributed by atoms with Crippen molar-refractivity contribution in [3.05, 3.63) is 198 Å². The van der Waals surface area contributed by atoms with Crippen LogP contribution in [0.3, 0.4) is 0 Å². The minimum absolute atomic E-state index is 0.218. The molecular weight excluding hydrogens is 811 g/mol. The summed E-state index contributed by atoms with van der Waals surface area (Å²) in [6.07, 6.45) is 0.211. The summed E-state index contributed by atoms with van der Waals surface area (Å²) in [5.41, 5.74) is 4.70. The average molecular weight is 868 g/mol. The summed E-state index contributed by atoms with van der Waals surface area (Å²) >= 11 is 0. The van der Waals surface area contributed by atoms with E-state index >= 15 is 0 Å². The van der Waals surface area contributed by atoms with Crippen molar-refractivity contribution in [2.75, 3.05) is 6.54 Å². The first-order valence-electron chi connectivity index (χ1n) is 22.1. The summed E-state index contributed by atoms with van der Waals surface area (Å²) in [7, 11) is 0. The Labute approximate surface area is 381 Å². The van der Waals surface area contributed by atoms with E-state index in [-0.39, 0.29) is 5.91 Å². The molecule has 3 amide bonds.